The Morgan fingerprint density at radius 1 is 0.569 bits per heavy atom. The van der Waals surface area contributed by atoms with Gasteiger partial charge in [0, 0.05) is 0 Å². The van der Waals surface area contributed by atoms with E-state index in [1.165, 1.54) is 105 Å². The third kappa shape index (κ3) is 14.1. The molecule has 0 aliphatic heterocycles. The van der Waals surface area contributed by atoms with E-state index in [9.17, 15) is 0 Å². The predicted octanol–water partition coefficient (Wildman–Crippen LogP) is 10.6. The largest absolute Gasteiger partial charge is 1.00 e. The molecule has 0 nitrogen and oxygen atoms in total. The van der Waals surface area contributed by atoms with Crippen LogP contribution < -0.4 is 24.8 Å². The van der Waals surface area contributed by atoms with Crippen LogP contribution >= 0.6 is 0 Å². The van der Waals surface area contributed by atoms with Gasteiger partial charge in [-0.25, -0.2) is 12.2 Å². The first-order valence-corrected chi connectivity index (χ1v) is 22.6. The van der Waals surface area contributed by atoms with Crippen molar-refractivity contribution >= 4 is 24.8 Å². The number of benzene rings is 4. The van der Waals surface area contributed by atoms with Crippen LogP contribution in [0.25, 0.3) is 43.8 Å². The van der Waals surface area contributed by atoms with Crippen LogP contribution in [0.3, 0.4) is 0 Å². The summed E-state index contributed by atoms with van der Waals surface area (Å²) in [6.07, 6.45) is 18.3. The third-order valence-electron chi connectivity index (χ3n) is 11.0. The molecule has 1 aliphatic carbocycles. The van der Waals surface area contributed by atoms with Crippen LogP contribution in [-0.4, -0.2) is 3.21 Å². The van der Waals surface area contributed by atoms with E-state index in [4.69, 9.17) is 0 Å². The summed E-state index contributed by atoms with van der Waals surface area (Å²) in [6, 6.07) is 30.7. The summed E-state index contributed by atoms with van der Waals surface area (Å²) in [5.74, 6) is 0. The van der Waals surface area contributed by atoms with Crippen molar-refractivity contribution < 1.29 is 49.0 Å². The molecule has 5 aromatic carbocycles. The molecule has 0 fully saturated rings. The second-order valence-electron chi connectivity index (χ2n) is 20.1. The first-order valence-electron chi connectivity index (χ1n) is 21.4. The zero-order valence-corrected chi connectivity index (χ0v) is 42.4. The molecule has 0 N–H and O–H groups in total. The Labute approximate surface area is 382 Å². The molecule has 0 saturated carbocycles. The zero-order chi connectivity index (χ0) is 41.5. The first-order chi connectivity index (χ1) is 26.1. The fraction of sp³-hybridized carbons (Fsp3) is 0.455. The number of hydrogen-bond acceptors (Lipinski definition) is 0. The van der Waals surface area contributed by atoms with Gasteiger partial charge in [-0.15, -0.1) is 46.2 Å². The van der Waals surface area contributed by atoms with Crippen molar-refractivity contribution in [3.63, 3.8) is 0 Å². The predicted molar refractivity (Wildman–Crippen MR) is 248 cm³/mol. The quantitative estimate of drug-likeness (QED) is 0.136. The fourth-order valence-corrected chi connectivity index (χ4v) is 8.24. The molecule has 1 aliphatic rings. The Kier molecular flexibility index (Phi) is 19.5. The Bertz CT molecular complexity index is 1960. The van der Waals surface area contributed by atoms with Crippen LogP contribution in [0.1, 0.15) is 164 Å². The fourth-order valence-electron chi connectivity index (χ4n) is 7.37. The second kappa shape index (κ2) is 21.9. The maximum absolute atomic E-state index is 2.99. The minimum Gasteiger partial charge on any atom is -1.00 e. The van der Waals surface area contributed by atoms with Gasteiger partial charge in [0.25, 0.3) is 0 Å². The summed E-state index contributed by atoms with van der Waals surface area (Å²) < 4.78 is 1.79. The molecule has 0 heterocycles. The van der Waals surface area contributed by atoms with Gasteiger partial charge in [-0.2, -0.15) is 6.08 Å². The Balaban J connectivity index is 0.000000576. The van der Waals surface area contributed by atoms with Crippen molar-refractivity contribution in [2.75, 3.05) is 0 Å². The second-order valence-corrected chi connectivity index (χ2v) is 21.8. The summed E-state index contributed by atoms with van der Waals surface area (Å²) in [5, 5.41) is 5.37. The number of rotatable bonds is 8. The number of hydrogen-bond donors (Lipinski definition) is 0. The molecule has 6 rings (SSSR count). The van der Waals surface area contributed by atoms with Crippen LogP contribution in [0.15, 0.2) is 97.1 Å². The maximum atomic E-state index is 2.99. The zero-order valence-electron chi connectivity index (χ0n) is 38.4. The SMILES string of the molecule is CC(C)(C)c1ccc(-c2cc3[cH-]c4cc(-c5ccc(C(C)(C)C)cc5)c(C(C)(C)C)cc4c3cc2C(C)(C)C)cc1.CCCC[C](=[Zr+2])CCCC.[C-]1=CC=CC1.[Cl-].[Cl-]. The summed E-state index contributed by atoms with van der Waals surface area (Å²) in [7, 11) is 0. The topological polar surface area (TPSA) is 0 Å². The van der Waals surface area contributed by atoms with E-state index >= 15 is 0 Å². The van der Waals surface area contributed by atoms with Gasteiger partial charge in [0.2, 0.25) is 0 Å². The Hall–Kier alpha value is -2.44. The molecule has 58 heavy (non-hydrogen) atoms. The van der Waals surface area contributed by atoms with E-state index in [2.05, 4.69) is 188 Å². The molecule has 312 valence electrons. The molecule has 5 aromatic rings. The average Bonchev–Trinajstić information content (AvgIpc) is 3.83. The minimum absolute atomic E-state index is 0. The molecule has 0 atom stereocenters. The van der Waals surface area contributed by atoms with Gasteiger partial charge in [0.1, 0.15) is 0 Å². The monoisotopic (exact) mass is 892 g/mol. The minimum atomic E-state index is 0. The van der Waals surface area contributed by atoms with Gasteiger partial charge in [-0.1, -0.05) is 144 Å². The molecule has 0 unspecified atom stereocenters. The smallest absolute Gasteiger partial charge is 0.109 e. The summed E-state index contributed by atoms with van der Waals surface area (Å²) >= 11 is 1.67. The van der Waals surface area contributed by atoms with Crippen molar-refractivity contribution in [3.05, 3.63) is 125 Å². The Morgan fingerprint density at radius 2 is 0.948 bits per heavy atom. The van der Waals surface area contributed by atoms with Gasteiger partial charge < -0.3 is 24.8 Å². The Morgan fingerprint density at radius 3 is 1.21 bits per heavy atom. The number of unbranched alkanes of at least 4 members (excludes halogenated alkanes) is 2. The standard InChI is InChI=1S/C41H49.C9H18.C5H5.2ClH.Zr/c1-38(2,3)30-17-13-26(14-18-30)34-22-28-21-29-23-35(27-15-19-31(20-16-27)39(4,5)6)37(41(10,11)12)25-33(29)32(28)24-36(34)40(7,8)9;1-3-5-7-9-8-6-4-2;1-2-4-5-3-1;;;/h13-25H,1-12H3;3-8H2,1-2H3;1-3H,4H2;2*1H;/q-1;;-1;;;+2/p-2. The van der Waals surface area contributed by atoms with Crippen LogP contribution in [0.2, 0.25) is 0 Å². The van der Waals surface area contributed by atoms with E-state index in [1.54, 1.807) is 27.4 Å². The van der Waals surface area contributed by atoms with E-state index < -0.39 is 0 Å². The van der Waals surface area contributed by atoms with E-state index in [1.807, 2.05) is 12.2 Å². The molecule has 0 amide bonds. The summed E-state index contributed by atoms with van der Waals surface area (Å²) in [6.45, 7) is 32.3. The molecule has 0 bridgehead atoms. The molecule has 3 heteroatoms. The van der Waals surface area contributed by atoms with Gasteiger partial charge >= 0.3 is 79.8 Å². The van der Waals surface area contributed by atoms with Crippen LogP contribution in [0, 0.1) is 6.08 Å². The molecule has 0 spiro atoms. The van der Waals surface area contributed by atoms with E-state index in [-0.39, 0.29) is 46.5 Å². The van der Waals surface area contributed by atoms with Crippen molar-refractivity contribution in [1.29, 1.82) is 0 Å². The van der Waals surface area contributed by atoms with E-state index in [0.29, 0.717) is 0 Å². The number of allylic oxidation sites excluding steroid dienone is 4. The van der Waals surface area contributed by atoms with Crippen LogP contribution in [0.5, 0.6) is 0 Å². The van der Waals surface area contributed by atoms with Gasteiger partial charge in [0.15, 0.2) is 0 Å². The van der Waals surface area contributed by atoms with Crippen LogP contribution in [0.4, 0.5) is 0 Å². The molecular weight excluding hydrogens is 823 g/mol. The van der Waals surface area contributed by atoms with Gasteiger partial charge in [-0.05, 0) is 66.2 Å². The average molecular weight is 895 g/mol. The molecule has 0 saturated heterocycles. The van der Waals surface area contributed by atoms with Crippen LogP contribution in [-0.2, 0) is 45.9 Å². The molecule has 0 radical (unpaired) electrons. The summed E-state index contributed by atoms with van der Waals surface area (Å²) in [4.78, 5) is 0. The maximum Gasteiger partial charge on any atom is -0.109 e. The van der Waals surface area contributed by atoms with Crippen molar-refractivity contribution in [1.82, 2.24) is 0 Å². The van der Waals surface area contributed by atoms with Crippen molar-refractivity contribution in [2.24, 2.45) is 0 Å². The van der Waals surface area contributed by atoms with Crippen molar-refractivity contribution in [3.8, 4) is 22.3 Å². The molecular formula is C55H72Cl2Zr-2. The normalized spacial score (nSPS) is 12.7. The van der Waals surface area contributed by atoms with E-state index in [0.717, 1.165) is 6.42 Å². The third-order valence-corrected chi connectivity index (χ3v) is 12.2. The van der Waals surface area contributed by atoms with Gasteiger partial charge in [0.05, 0.1) is 0 Å². The van der Waals surface area contributed by atoms with Gasteiger partial charge in [-0.3, -0.25) is 6.08 Å². The van der Waals surface area contributed by atoms with Crippen molar-refractivity contribution in [2.45, 2.75) is 164 Å². The number of fused-ring (bicyclic) bond motifs is 3. The molecule has 0 aromatic heterocycles. The summed E-state index contributed by atoms with van der Waals surface area (Å²) in [5.41, 5.74) is 11.2. The number of halogens is 2. The first kappa shape index (κ1) is 51.7.